The van der Waals surface area contributed by atoms with Gasteiger partial charge in [0.15, 0.2) is 5.79 Å². The molecule has 0 bridgehead atoms. The van der Waals surface area contributed by atoms with Crippen LogP contribution >= 0.6 is 0 Å². The van der Waals surface area contributed by atoms with Crippen LogP contribution < -0.4 is 0 Å². The molecule has 1 atom stereocenters. The first-order valence-corrected chi connectivity index (χ1v) is 7.70. The zero-order chi connectivity index (χ0) is 15.1. The highest BCUT2D eigenvalue weighted by molar-refractivity contribution is 5.24. The third-order valence-corrected chi connectivity index (χ3v) is 3.39. The maximum absolute atomic E-state index is 5.76. The summed E-state index contributed by atoms with van der Waals surface area (Å²) in [6.45, 7) is 9.38. The normalized spacial score (nSPS) is 18.0. The van der Waals surface area contributed by atoms with Crippen molar-refractivity contribution in [2.75, 3.05) is 26.4 Å². The summed E-state index contributed by atoms with van der Waals surface area (Å²) < 4.78 is 22.3. The third kappa shape index (κ3) is 5.75. The first-order chi connectivity index (χ1) is 10.1. The molecule has 0 amide bonds. The van der Waals surface area contributed by atoms with E-state index in [1.807, 2.05) is 20.8 Å². The summed E-state index contributed by atoms with van der Waals surface area (Å²) in [5, 5.41) is 0. The van der Waals surface area contributed by atoms with Gasteiger partial charge in [-0.2, -0.15) is 0 Å². The molecule has 118 valence electrons. The number of epoxide rings is 1. The summed E-state index contributed by atoms with van der Waals surface area (Å²) in [5.41, 5.74) is 2.37. The number of hydrogen-bond donors (Lipinski definition) is 0. The van der Waals surface area contributed by atoms with E-state index in [0.717, 1.165) is 13.0 Å². The molecule has 1 aromatic rings. The molecule has 1 fully saturated rings. The average Bonchev–Trinajstić information content (AvgIpc) is 3.23. The van der Waals surface area contributed by atoms with Crippen LogP contribution in [0.3, 0.4) is 0 Å². The van der Waals surface area contributed by atoms with Crippen LogP contribution in [0.2, 0.25) is 0 Å². The number of rotatable bonds is 10. The summed E-state index contributed by atoms with van der Waals surface area (Å²) in [4.78, 5) is 0. The van der Waals surface area contributed by atoms with Gasteiger partial charge in [0.25, 0.3) is 0 Å². The zero-order valence-corrected chi connectivity index (χ0v) is 13.3. The first-order valence-electron chi connectivity index (χ1n) is 7.70. The van der Waals surface area contributed by atoms with E-state index in [-0.39, 0.29) is 0 Å². The largest absolute Gasteiger partial charge is 0.374 e. The molecule has 0 N–H and O–H groups in total. The second-order valence-corrected chi connectivity index (χ2v) is 5.47. The van der Waals surface area contributed by atoms with Crippen molar-refractivity contribution in [3.05, 3.63) is 35.4 Å². The van der Waals surface area contributed by atoms with Crippen molar-refractivity contribution in [1.29, 1.82) is 0 Å². The average molecular weight is 294 g/mol. The molecule has 1 aliphatic rings. The van der Waals surface area contributed by atoms with E-state index >= 15 is 0 Å². The highest BCUT2D eigenvalue weighted by Crippen LogP contribution is 2.20. The molecule has 0 aromatic heterocycles. The molecule has 0 aliphatic carbocycles. The Morgan fingerprint density at radius 3 is 2.48 bits per heavy atom. The summed E-state index contributed by atoms with van der Waals surface area (Å²) in [6, 6.07) is 8.39. The van der Waals surface area contributed by atoms with Crippen molar-refractivity contribution in [3.8, 4) is 0 Å². The van der Waals surface area contributed by atoms with Crippen molar-refractivity contribution in [2.24, 2.45) is 0 Å². The minimum absolute atomic E-state index is 0.312. The predicted molar refractivity (Wildman–Crippen MR) is 81.2 cm³/mol. The molecule has 1 aromatic carbocycles. The van der Waals surface area contributed by atoms with Crippen molar-refractivity contribution < 1.29 is 18.9 Å². The van der Waals surface area contributed by atoms with Gasteiger partial charge in [0.2, 0.25) is 0 Å². The summed E-state index contributed by atoms with van der Waals surface area (Å²) >= 11 is 0. The van der Waals surface area contributed by atoms with Gasteiger partial charge in [-0.3, -0.25) is 0 Å². The Balaban J connectivity index is 1.91. The molecule has 0 spiro atoms. The molecule has 21 heavy (non-hydrogen) atoms. The van der Waals surface area contributed by atoms with Gasteiger partial charge in [0, 0.05) is 19.6 Å². The van der Waals surface area contributed by atoms with E-state index in [1.165, 1.54) is 11.1 Å². The lowest BCUT2D eigenvalue weighted by Crippen LogP contribution is -2.35. The summed E-state index contributed by atoms with van der Waals surface area (Å²) in [7, 11) is 0. The lowest BCUT2D eigenvalue weighted by atomic mass is 10.0. The van der Waals surface area contributed by atoms with Gasteiger partial charge in [-0.05, 0) is 31.9 Å². The van der Waals surface area contributed by atoms with Gasteiger partial charge in [0.1, 0.15) is 6.10 Å². The van der Waals surface area contributed by atoms with Crippen LogP contribution in [0, 0.1) is 0 Å². The highest BCUT2D eigenvalue weighted by Gasteiger charge is 2.25. The molecule has 1 aliphatic heterocycles. The van der Waals surface area contributed by atoms with Crippen LogP contribution in [0.1, 0.15) is 31.9 Å². The van der Waals surface area contributed by atoms with Gasteiger partial charge >= 0.3 is 0 Å². The van der Waals surface area contributed by atoms with E-state index in [2.05, 4.69) is 24.3 Å². The molecule has 0 radical (unpaired) electrons. The predicted octanol–water partition coefficient (Wildman–Crippen LogP) is 2.93. The fourth-order valence-corrected chi connectivity index (χ4v) is 2.43. The van der Waals surface area contributed by atoms with E-state index in [0.29, 0.717) is 32.5 Å². The Morgan fingerprint density at radius 1 is 1.19 bits per heavy atom. The van der Waals surface area contributed by atoms with E-state index in [4.69, 9.17) is 18.9 Å². The number of hydrogen-bond acceptors (Lipinski definition) is 4. The van der Waals surface area contributed by atoms with Crippen LogP contribution in [0.15, 0.2) is 24.3 Å². The maximum atomic E-state index is 5.76. The van der Waals surface area contributed by atoms with E-state index in [1.54, 1.807) is 0 Å². The smallest absolute Gasteiger partial charge is 0.169 e. The van der Waals surface area contributed by atoms with Crippen molar-refractivity contribution in [1.82, 2.24) is 0 Å². The minimum atomic E-state index is -0.565. The second kappa shape index (κ2) is 7.90. The van der Waals surface area contributed by atoms with Crippen molar-refractivity contribution >= 4 is 0 Å². The van der Waals surface area contributed by atoms with Gasteiger partial charge in [-0.1, -0.05) is 24.3 Å². The van der Waals surface area contributed by atoms with Gasteiger partial charge in [-0.25, -0.2) is 0 Å². The Labute approximate surface area is 127 Å². The molecule has 4 heteroatoms. The van der Waals surface area contributed by atoms with Crippen LogP contribution in [-0.2, 0) is 32.0 Å². The van der Waals surface area contributed by atoms with Crippen LogP contribution in [0.25, 0.3) is 0 Å². The second-order valence-electron chi connectivity index (χ2n) is 5.47. The fourth-order valence-electron chi connectivity index (χ4n) is 2.43. The standard InChI is InChI=1S/C17H26O4/c1-4-20-17(3,21-5-2)10-14-7-6-8-15(9-14)11-18-12-16-13-19-16/h6-9,16H,4-5,10-13H2,1-3H3. The van der Waals surface area contributed by atoms with Crippen LogP contribution in [0.5, 0.6) is 0 Å². The van der Waals surface area contributed by atoms with Gasteiger partial charge in [0.05, 0.1) is 19.8 Å². The molecule has 1 heterocycles. The lowest BCUT2D eigenvalue weighted by molar-refractivity contribution is -0.219. The molecular formula is C17H26O4. The molecule has 2 rings (SSSR count). The first kappa shape index (κ1) is 16.4. The van der Waals surface area contributed by atoms with Crippen molar-refractivity contribution in [2.45, 2.75) is 45.7 Å². The van der Waals surface area contributed by atoms with Crippen LogP contribution in [0.4, 0.5) is 0 Å². The summed E-state index contributed by atoms with van der Waals surface area (Å²) in [5.74, 6) is -0.565. The lowest BCUT2D eigenvalue weighted by Gasteiger charge is -2.29. The van der Waals surface area contributed by atoms with Gasteiger partial charge in [-0.15, -0.1) is 0 Å². The number of benzene rings is 1. The quantitative estimate of drug-likeness (QED) is 0.491. The topological polar surface area (TPSA) is 40.2 Å². The molecule has 1 unspecified atom stereocenters. The Morgan fingerprint density at radius 2 is 1.86 bits per heavy atom. The molecular weight excluding hydrogens is 268 g/mol. The third-order valence-electron chi connectivity index (χ3n) is 3.39. The molecule has 4 nitrogen and oxygen atoms in total. The van der Waals surface area contributed by atoms with Crippen LogP contribution in [-0.4, -0.2) is 38.3 Å². The SMILES string of the molecule is CCOC(C)(Cc1cccc(COCC2CO2)c1)OCC. The maximum Gasteiger partial charge on any atom is 0.169 e. The Kier molecular flexibility index (Phi) is 6.18. The van der Waals surface area contributed by atoms with E-state index in [9.17, 15) is 0 Å². The molecule has 0 saturated carbocycles. The monoisotopic (exact) mass is 294 g/mol. The summed E-state index contributed by atoms with van der Waals surface area (Å²) in [6.07, 6.45) is 1.04. The van der Waals surface area contributed by atoms with E-state index < -0.39 is 5.79 Å². The fraction of sp³-hybridized carbons (Fsp3) is 0.647. The van der Waals surface area contributed by atoms with Crippen molar-refractivity contribution in [3.63, 3.8) is 0 Å². The zero-order valence-electron chi connectivity index (χ0n) is 13.3. The molecule has 1 saturated heterocycles. The Hall–Kier alpha value is -0.940. The Bertz CT molecular complexity index is 423. The number of ether oxygens (including phenoxy) is 4. The van der Waals surface area contributed by atoms with Gasteiger partial charge < -0.3 is 18.9 Å². The minimum Gasteiger partial charge on any atom is -0.374 e. The highest BCUT2D eigenvalue weighted by atomic mass is 16.7.